The van der Waals surface area contributed by atoms with Crippen LogP contribution in [-0.2, 0) is 11.2 Å². The first-order valence-electron chi connectivity index (χ1n) is 10.0. The molecule has 0 saturated heterocycles. The van der Waals surface area contributed by atoms with Crippen molar-refractivity contribution in [2.45, 2.75) is 32.4 Å². The molecule has 8 nitrogen and oxygen atoms in total. The van der Waals surface area contributed by atoms with Crippen LogP contribution in [0.5, 0.6) is 11.5 Å². The van der Waals surface area contributed by atoms with Crippen molar-refractivity contribution >= 4 is 17.3 Å². The highest BCUT2D eigenvalue weighted by Crippen LogP contribution is 2.41. The van der Waals surface area contributed by atoms with Crippen molar-refractivity contribution in [1.82, 2.24) is 10.1 Å². The summed E-state index contributed by atoms with van der Waals surface area (Å²) in [6, 6.07) is 10.0. The van der Waals surface area contributed by atoms with Crippen molar-refractivity contribution in [3.8, 4) is 11.5 Å². The number of carbonyl (C=O) groups excluding carboxylic acids is 1. The Kier molecular flexibility index (Phi) is 4.72. The van der Waals surface area contributed by atoms with Gasteiger partial charge < -0.3 is 24.2 Å². The summed E-state index contributed by atoms with van der Waals surface area (Å²) in [6.07, 6.45) is 0.479. The molecule has 3 heterocycles. The number of hydrogen-bond donors (Lipinski definition) is 1. The quantitative estimate of drug-likeness (QED) is 0.686. The summed E-state index contributed by atoms with van der Waals surface area (Å²) < 4.78 is 30.5. The average Bonchev–Trinajstić information content (AvgIpc) is 3.17. The fraction of sp³-hybridized carbons (Fsp3) is 0.318. The maximum absolute atomic E-state index is 13.8. The Morgan fingerprint density at radius 3 is 2.90 bits per heavy atom. The second kappa shape index (κ2) is 7.57. The largest absolute Gasteiger partial charge is 0.489 e. The molecule has 0 saturated carbocycles. The molecule has 2 aliphatic heterocycles. The van der Waals surface area contributed by atoms with Gasteiger partial charge in [-0.3, -0.25) is 4.79 Å². The highest BCUT2D eigenvalue weighted by Gasteiger charge is 2.34. The SMILES string of the molecule is Cc1noc(C[C@H]2COc3cc(F)ccc3N2[C@@H](C)c2ccc3c(c2)NC(=O)CO3)n1. The van der Waals surface area contributed by atoms with E-state index in [2.05, 4.69) is 27.3 Å². The van der Waals surface area contributed by atoms with E-state index in [4.69, 9.17) is 14.0 Å². The first-order valence-corrected chi connectivity index (χ1v) is 10.0. The van der Waals surface area contributed by atoms with E-state index in [1.54, 1.807) is 13.0 Å². The van der Waals surface area contributed by atoms with Gasteiger partial charge >= 0.3 is 0 Å². The Morgan fingerprint density at radius 1 is 1.23 bits per heavy atom. The van der Waals surface area contributed by atoms with Crippen LogP contribution in [-0.4, -0.2) is 35.3 Å². The van der Waals surface area contributed by atoms with E-state index in [0.717, 1.165) is 11.3 Å². The minimum Gasteiger partial charge on any atom is -0.489 e. The molecule has 0 fully saturated rings. The normalized spacial score (nSPS) is 18.4. The fourth-order valence-electron chi connectivity index (χ4n) is 4.11. The van der Waals surface area contributed by atoms with Crippen LogP contribution in [0, 0.1) is 12.7 Å². The van der Waals surface area contributed by atoms with Crippen molar-refractivity contribution in [3.63, 3.8) is 0 Å². The molecule has 1 N–H and O–H groups in total. The number of ether oxygens (including phenoxy) is 2. The molecule has 9 heteroatoms. The molecule has 5 rings (SSSR count). The number of benzene rings is 2. The zero-order valence-corrected chi connectivity index (χ0v) is 17.1. The van der Waals surface area contributed by atoms with E-state index >= 15 is 0 Å². The second-order valence-electron chi connectivity index (χ2n) is 7.69. The zero-order chi connectivity index (χ0) is 21.5. The monoisotopic (exact) mass is 424 g/mol. The highest BCUT2D eigenvalue weighted by atomic mass is 19.1. The Morgan fingerprint density at radius 2 is 2.10 bits per heavy atom. The van der Waals surface area contributed by atoms with Gasteiger partial charge in [-0.2, -0.15) is 4.98 Å². The Labute approximate surface area is 178 Å². The molecule has 0 aliphatic carbocycles. The maximum atomic E-state index is 13.8. The fourth-order valence-corrected chi connectivity index (χ4v) is 4.11. The predicted octanol–water partition coefficient (Wildman–Crippen LogP) is 3.42. The number of halogens is 1. The number of carbonyl (C=O) groups is 1. The third kappa shape index (κ3) is 3.67. The lowest BCUT2D eigenvalue weighted by Crippen LogP contribution is -2.46. The summed E-state index contributed by atoms with van der Waals surface area (Å²) in [5.41, 5.74) is 2.38. The van der Waals surface area contributed by atoms with Gasteiger partial charge in [0.05, 0.1) is 29.9 Å². The van der Waals surface area contributed by atoms with Gasteiger partial charge in [0.1, 0.15) is 23.9 Å². The van der Waals surface area contributed by atoms with Crippen LogP contribution in [0.1, 0.15) is 30.2 Å². The molecule has 1 aromatic heterocycles. The minimum absolute atomic E-state index is 0.00990. The molecule has 2 aromatic carbocycles. The summed E-state index contributed by atoms with van der Waals surface area (Å²) in [5.74, 6) is 1.66. The number of aromatic nitrogens is 2. The molecular weight excluding hydrogens is 403 g/mol. The van der Waals surface area contributed by atoms with Gasteiger partial charge in [0.25, 0.3) is 5.91 Å². The second-order valence-corrected chi connectivity index (χ2v) is 7.69. The molecule has 0 bridgehead atoms. The highest BCUT2D eigenvalue weighted by molar-refractivity contribution is 5.95. The van der Waals surface area contributed by atoms with Crippen LogP contribution in [0.3, 0.4) is 0 Å². The first kappa shape index (κ1) is 19.3. The van der Waals surface area contributed by atoms with Crippen LogP contribution in [0.25, 0.3) is 0 Å². The standard InChI is InChI=1S/C22H21FN4O4/c1-12(14-3-6-19-17(7-14)25-21(28)11-30-19)27-16(9-22-24-13(2)26-31-22)10-29-20-8-15(23)4-5-18(20)27/h3-8,12,16H,9-11H2,1-2H3,(H,25,28)/t12-,16-/m0/s1. The van der Waals surface area contributed by atoms with Gasteiger partial charge in [-0.25, -0.2) is 4.39 Å². The molecule has 2 aliphatic rings. The summed E-state index contributed by atoms with van der Waals surface area (Å²) in [7, 11) is 0. The van der Waals surface area contributed by atoms with E-state index < -0.39 is 0 Å². The third-order valence-electron chi connectivity index (χ3n) is 5.54. The van der Waals surface area contributed by atoms with E-state index in [1.807, 2.05) is 18.2 Å². The van der Waals surface area contributed by atoms with Crippen molar-refractivity contribution in [3.05, 3.63) is 59.5 Å². The van der Waals surface area contributed by atoms with E-state index in [9.17, 15) is 9.18 Å². The van der Waals surface area contributed by atoms with Crippen molar-refractivity contribution in [2.75, 3.05) is 23.4 Å². The number of aryl methyl sites for hydroxylation is 1. The van der Waals surface area contributed by atoms with Crippen molar-refractivity contribution in [2.24, 2.45) is 0 Å². The number of fused-ring (bicyclic) bond motifs is 2. The molecule has 3 aromatic rings. The van der Waals surface area contributed by atoms with Crippen LogP contribution in [0.15, 0.2) is 40.9 Å². The summed E-state index contributed by atoms with van der Waals surface area (Å²) >= 11 is 0. The predicted molar refractivity (Wildman–Crippen MR) is 110 cm³/mol. The maximum Gasteiger partial charge on any atom is 0.262 e. The summed E-state index contributed by atoms with van der Waals surface area (Å²) in [6.45, 7) is 4.17. The number of rotatable bonds is 4. The lowest BCUT2D eigenvalue weighted by Gasteiger charge is -2.42. The molecule has 31 heavy (non-hydrogen) atoms. The molecule has 0 unspecified atom stereocenters. The first-order chi connectivity index (χ1) is 15.0. The third-order valence-corrected chi connectivity index (χ3v) is 5.54. The smallest absolute Gasteiger partial charge is 0.262 e. The molecule has 1 amide bonds. The lowest BCUT2D eigenvalue weighted by atomic mass is 9.99. The van der Waals surface area contributed by atoms with E-state index in [1.165, 1.54) is 12.1 Å². The van der Waals surface area contributed by atoms with Gasteiger partial charge in [0.2, 0.25) is 5.89 Å². The molecule has 160 valence electrons. The topological polar surface area (TPSA) is 89.7 Å². The number of amides is 1. The van der Waals surface area contributed by atoms with Crippen LogP contribution in [0.2, 0.25) is 0 Å². The van der Waals surface area contributed by atoms with Crippen molar-refractivity contribution < 1.29 is 23.2 Å². The van der Waals surface area contributed by atoms with Gasteiger partial charge in [-0.15, -0.1) is 0 Å². The zero-order valence-electron chi connectivity index (χ0n) is 17.1. The van der Waals surface area contributed by atoms with E-state index in [0.29, 0.717) is 41.9 Å². The molecule has 0 spiro atoms. The van der Waals surface area contributed by atoms with Crippen LogP contribution >= 0.6 is 0 Å². The molecule has 2 atom stereocenters. The molecule has 0 radical (unpaired) electrons. The molecular formula is C22H21FN4O4. The summed E-state index contributed by atoms with van der Waals surface area (Å²) in [5, 5.41) is 6.72. The summed E-state index contributed by atoms with van der Waals surface area (Å²) in [4.78, 5) is 18.2. The van der Waals surface area contributed by atoms with Crippen LogP contribution < -0.4 is 19.7 Å². The van der Waals surface area contributed by atoms with Gasteiger partial charge in [0.15, 0.2) is 12.4 Å². The Balaban J connectivity index is 1.52. The number of nitrogens with zero attached hydrogens (tertiary/aromatic N) is 3. The Bertz CT molecular complexity index is 1150. The number of hydrogen-bond acceptors (Lipinski definition) is 7. The van der Waals surface area contributed by atoms with Crippen LogP contribution in [0.4, 0.5) is 15.8 Å². The van der Waals surface area contributed by atoms with Crippen molar-refractivity contribution in [1.29, 1.82) is 0 Å². The van der Waals surface area contributed by atoms with E-state index in [-0.39, 0.29) is 30.4 Å². The Hall–Kier alpha value is -3.62. The van der Waals surface area contributed by atoms with Gasteiger partial charge in [-0.05, 0) is 43.7 Å². The average molecular weight is 424 g/mol. The van der Waals surface area contributed by atoms with Gasteiger partial charge in [-0.1, -0.05) is 11.2 Å². The lowest BCUT2D eigenvalue weighted by molar-refractivity contribution is -0.118. The minimum atomic E-state index is -0.356. The number of anilines is 2. The number of nitrogens with one attached hydrogen (secondary N) is 1. The van der Waals surface area contributed by atoms with Gasteiger partial charge in [0, 0.05) is 6.07 Å².